The lowest BCUT2D eigenvalue weighted by molar-refractivity contribution is 0.564. The third kappa shape index (κ3) is 2.66. The largest absolute Gasteiger partial charge is 0.472 e. The Morgan fingerprint density at radius 1 is 1.12 bits per heavy atom. The average molecular weight is 215 g/mol. The van der Waals surface area contributed by atoms with Crippen LogP contribution < -0.4 is 5.32 Å². The standard InChI is InChI=1S/C14H17NO/c1-11(2)13-3-5-14(6-4-13)15-9-12-7-8-16-10-12/h3-8,10-11,15H,9H2,1-2H3. The Hall–Kier alpha value is -1.70. The van der Waals surface area contributed by atoms with Crippen LogP contribution >= 0.6 is 0 Å². The van der Waals surface area contributed by atoms with Gasteiger partial charge in [0, 0.05) is 17.8 Å². The zero-order chi connectivity index (χ0) is 11.4. The highest BCUT2D eigenvalue weighted by molar-refractivity contribution is 5.45. The minimum absolute atomic E-state index is 0.586. The van der Waals surface area contributed by atoms with Crippen LogP contribution in [0.5, 0.6) is 0 Å². The maximum Gasteiger partial charge on any atom is 0.0952 e. The quantitative estimate of drug-likeness (QED) is 0.833. The van der Waals surface area contributed by atoms with Crippen molar-refractivity contribution < 1.29 is 4.42 Å². The van der Waals surface area contributed by atoms with Crippen molar-refractivity contribution in [2.75, 3.05) is 5.32 Å². The summed E-state index contributed by atoms with van der Waals surface area (Å²) in [5.74, 6) is 0.586. The van der Waals surface area contributed by atoms with Crippen molar-refractivity contribution in [1.82, 2.24) is 0 Å². The van der Waals surface area contributed by atoms with Gasteiger partial charge < -0.3 is 9.73 Å². The van der Waals surface area contributed by atoms with Gasteiger partial charge in [-0.25, -0.2) is 0 Å². The number of nitrogens with one attached hydrogen (secondary N) is 1. The van der Waals surface area contributed by atoms with Crippen LogP contribution in [-0.4, -0.2) is 0 Å². The Labute approximate surface area is 96.3 Å². The first kappa shape index (κ1) is 10.8. The predicted molar refractivity (Wildman–Crippen MR) is 66.6 cm³/mol. The molecule has 2 nitrogen and oxygen atoms in total. The Balaban J connectivity index is 1.95. The van der Waals surface area contributed by atoms with Gasteiger partial charge in [-0.05, 0) is 29.7 Å². The van der Waals surface area contributed by atoms with E-state index in [1.807, 2.05) is 6.07 Å². The summed E-state index contributed by atoms with van der Waals surface area (Å²) in [6.07, 6.45) is 3.45. The van der Waals surface area contributed by atoms with Crippen LogP contribution in [0, 0.1) is 0 Å². The molecule has 0 unspecified atom stereocenters. The number of benzene rings is 1. The van der Waals surface area contributed by atoms with Crippen LogP contribution in [-0.2, 0) is 6.54 Å². The van der Waals surface area contributed by atoms with Gasteiger partial charge in [0.1, 0.15) is 0 Å². The monoisotopic (exact) mass is 215 g/mol. The molecule has 1 heterocycles. The minimum Gasteiger partial charge on any atom is -0.472 e. The normalized spacial score (nSPS) is 10.7. The van der Waals surface area contributed by atoms with Gasteiger partial charge in [-0.2, -0.15) is 0 Å². The van der Waals surface area contributed by atoms with Crippen molar-refractivity contribution in [3.63, 3.8) is 0 Å². The van der Waals surface area contributed by atoms with Crippen LogP contribution in [0.1, 0.15) is 30.9 Å². The number of hydrogen-bond acceptors (Lipinski definition) is 2. The second kappa shape index (κ2) is 4.88. The van der Waals surface area contributed by atoms with Gasteiger partial charge in [0.15, 0.2) is 0 Å². The molecule has 0 spiro atoms. The summed E-state index contributed by atoms with van der Waals surface area (Å²) in [6, 6.07) is 10.5. The van der Waals surface area contributed by atoms with E-state index in [2.05, 4.69) is 43.4 Å². The first-order valence-electron chi connectivity index (χ1n) is 5.60. The van der Waals surface area contributed by atoms with Crippen LogP contribution in [0.3, 0.4) is 0 Å². The first-order valence-corrected chi connectivity index (χ1v) is 5.60. The third-order valence-electron chi connectivity index (χ3n) is 2.65. The summed E-state index contributed by atoms with van der Waals surface area (Å²) in [6.45, 7) is 5.21. The Morgan fingerprint density at radius 2 is 1.88 bits per heavy atom. The fourth-order valence-electron chi connectivity index (χ4n) is 1.58. The molecule has 1 aromatic carbocycles. The molecule has 0 atom stereocenters. The molecule has 0 aliphatic rings. The van der Waals surface area contributed by atoms with Crippen LogP contribution in [0.4, 0.5) is 5.69 Å². The maximum absolute atomic E-state index is 5.01. The van der Waals surface area contributed by atoms with Crippen LogP contribution in [0.25, 0.3) is 0 Å². The molecule has 0 saturated heterocycles. The highest BCUT2D eigenvalue weighted by Crippen LogP contribution is 2.17. The van der Waals surface area contributed by atoms with E-state index < -0.39 is 0 Å². The molecule has 84 valence electrons. The van der Waals surface area contributed by atoms with Crippen LogP contribution in [0.2, 0.25) is 0 Å². The van der Waals surface area contributed by atoms with Gasteiger partial charge in [0.25, 0.3) is 0 Å². The maximum atomic E-state index is 5.01. The summed E-state index contributed by atoms with van der Waals surface area (Å²) < 4.78 is 5.01. The molecule has 2 aromatic rings. The van der Waals surface area contributed by atoms with E-state index in [1.54, 1.807) is 12.5 Å². The fraction of sp³-hybridized carbons (Fsp3) is 0.286. The summed E-state index contributed by atoms with van der Waals surface area (Å²) >= 11 is 0. The highest BCUT2D eigenvalue weighted by Gasteiger charge is 1.99. The van der Waals surface area contributed by atoms with Gasteiger partial charge in [0.2, 0.25) is 0 Å². The van der Waals surface area contributed by atoms with Gasteiger partial charge >= 0.3 is 0 Å². The molecule has 2 rings (SSSR count). The molecule has 0 fully saturated rings. The van der Waals surface area contributed by atoms with Gasteiger partial charge in [0.05, 0.1) is 12.5 Å². The molecule has 0 aliphatic heterocycles. The number of hydrogen-bond donors (Lipinski definition) is 1. The molecule has 1 N–H and O–H groups in total. The molecule has 2 heteroatoms. The van der Waals surface area contributed by atoms with Crippen molar-refractivity contribution in [2.45, 2.75) is 26.3 Å². The summed E-state index contributed by atoms with van der Waals surface area (Å²) in [7, 11) is 0. The van der Waals surface area contributed by atoms with Crippen molar-refractivity contribution >= 4 is 5.69 Å². The zero-order valence-corrected chi connectivity index (χ0v) is 9.73. The molecule has 0 bridgehead atoms. The third-order valence-corrected chi connectivity index (χ3v) is 2.65. The smallest absolute Gasteiger partial charge is 0.0952 e. The zero-order valence-electron chi connectivity index (χ0n) is 9.73. The van der Waals surface area contributed by atoms with E-state index in [0.717, 1.165) is 17.8 Å². The Bertz CT molecular complexity index is 415. The molecule has 0 radical (unpaired) electrons. The molecular formula is C14H17NO. The molecule has 16 heavy (non-hydrogen) atoms. The molecular weight excluding hydrogens is 198 g/mol. The number of anilines is 1. The highest BCUT2D eigenvalue weighted by atomic mass is 16.3. The SMILES string of the molecule is CC(C)c1ccc(NCc2ccoc2)cc1. The second-order valence-electron chi connectivity index (χ2n) is 4.26. The van der Waals surface area contributed by atoms with E-state index in [1.165, 1.54) is 5.56 Å². The average Bonchev–Trinajstić information content (AvgIpc) is 2.80. The molecule has 0 aliphatic carbocycles. The van der Waals surface area contributed by atoms with Crippen molar-refractivity contribution in [1.29, 1.82) is 0 Å². The molecule has 0 amide bonds. The second-order valence-corrected chi connectivity index (χ2v) is 4.26. The van der Waals surface area contributed by atoms with E-state index in [0.29, 0.717) is 5.92 Å². The topological polar surface area (TPSA) is 25.2 Å². The predicted octanol–water partition coefficient (Wildman–Crippen LogP) is 4.02. The first-order chi connectivity index (χ1) is 7.75. The van der Waals surface area contributed by atoms with Crippen molar-refractivity contribution in [3.8, 4) is 0 Å². The fourth-order valence-corrected chi connectivity index (χ4v) is 1.58. The van der Waals surface area contributed by atoms with E-state index in [-0.39, 0.29) is 0 Å². The van der Waals surface area contributed by atoms with Gasteiger partial charge in [-0.15, -0.1) is 0 Å². The summed E-state index contributed by atoms with van der Waals surface area (Å²) in [5, 5.41) is 3.35. The Morgan fingerprint density at radius 3 is 2.44 bits per heavy atom. The van der Waals surface area contributed by atoms with E-state index in [4.69, 9.17) is 4.42 Å². The molecule has 1 aromatic heterocycles. The lowest BCUT2D eigenvalue weighted by Gasteiger charge is -2.08. The number of rotatable bonds is 4. The lowest BCUT2D eigenvalue weighted by Crippen LogP contribution is -1.98. The van der Waals surface area contributed by atoms with Crippen molar-refractivity contribution in [2.24, 2.45) is 0 Å². The van der Waals surface area contributed by atoms with Gasteiger partial charge in [-0.1, -0.05) is 26.0 Å². The van der Waals surface area contributed by atoms with E-state index in [9.17, 15) is 0 Å². The van der Waals surface area contributed by atoms with Crippen molar-refractivity contribution in [3.05, 3.63) is 54.0 Å². The lowest BCUT2D eigenvalue weighted by atomic mass is 10.0. The van der Waals surface area contributed by atoms with E-state index >= 15 is 0 Å². The van der Waals surface area contributed by atoms with Gasteiger partial charge in [-0.3, -0.25) is 0 Å². The molecule has 0 saturated carbocycles. The summed E-state index contributed by atoms with van der Waals surface area (Å²) in [4.78, 5) is 0. The van der Waals surface area contributed by atoms with Crippen LogP contribution in [0.15, 0.2) is 47.3 Å². The number of furan rings is 1. The minimum atomic E-state index is 0.586. The Kier molecular flexibility index (Phi) is 3.30. The summed E-state index contributed by atoms with van der Waals surface area (Å²) in [5.41, 5.74) is 3.67.